The highest BCUT2D eigenvalue weighted by atomic mass is 19.1. The van der Waals surface area contributed by atoms with Gasteiger partial charge in [-0.05, 0) is 19.9 Å². The Bertz CT molecular complexity index is 204. The Morgan fingerprint density at radius 2 is 2.36 bits per heavy atom. The first-order valence-electron chi connectivity index (χ1n) is 3.15. The molecule has 0 atom stereocenters. The maximum atomic E-state index is 11.7. The molecule has 0 saturated carbocycles. The monoisotopic (exact) mass is 158 g/mol. The van der Waals surface area contributed by atoms with Crippen LogP contribution in [0.1, 0.15) is 13.8 Å². The van der Waals surface area contributed by atoms with Gasteiger partial charge < -0.3 is 5.73 Å². The van der Waals surface area contributed by atoms with Crippen LogP contribution in [0.25, 0.3) is 0 Å². The van der Waals surface area contributed by atoms with Crippen LogP contribution >= 0.6 is 0 Å². The highest BCUT2D eigenvalue weighted by Crippen LogP contribution is 2.14. The van der Waals surface area contributed by atoms with Crippen molar-refractivity contribution in [3.8, 4) is 0 Å². The van der Waals surface area contributed by atoms with Crippen LogP contribution in [-0.4, -0.2) is 18.3 Å². The molecule has 0 amide bonds. The molecular formula is C7H11FN2O. The number of halogens is 1. The summed E-state index contributed by atoms with van der Waals surface area (Å²) in [5, 5.41) is 0. The Hall–Kier alpha value is -1.15. The lowest BCUT2D eigenvalue weighted by Crippen LogP contribution is -2.25. The second-order valence-electron chi connectivity index (χ2n) is 2.58. The number of hydrogen-bond donors (Lipinski definition) is 1. The van der Waals surface area contributed by atoms with E-state index in [4.69, 9.17) is 5.73 Å². The van der Waals surface area contributed by atoms with Crippen LogP contribution in [0.15, 0.2) is 16.8 Å². The van der Waals surface area contributed by atoms with Crippen LogP contribution in [0.4, 0.5) is 4.39 Å². The number of allylic oxidation sites excluding steroid dienone is 1. The smallest absolute Gasteiger partial charge is 0.235 e. The summed E-state index contributed by atoms with van der Waals surface area (Å²) in [5.41, 5.74) is 4.80. The van der Waals surface area contributed by atoms with Gasteiger partial charge in [0, 0.05) is 5.70 Å². The van der Waals surface area contributed by atoms with E-state index in [-0.39, 0.29) is 5.70 Å². The van der Waals surface area contributed by atoms with Gasteiger partial charge in [0.1, 0.15) is 12.2 Å². The minimum atomic E-state index is -0.839. The van der Waals surface area contributed by atoms with Gasteiger partial charge in [-0.25, -0.2) is 9.18 Å². The molecule has 0 rings (SSSR count). The third-order valence-corrected chi connectivity index (χ3v) is 1.33. The van der Waals surface area contributed by atoms with Crippen molar-refractivity contribution in [2.75, 3.05) is 6.67 Å². The first-order chi connectivity index (χ1) is 5.04. The minimum absolute atomic E-state index is 0.239. The van der Waals surface area contributed by atoms with Gasteiger partial charge >= 0.3 is 0 Å². The van der Waals surface area contributed by atoms with Gasteiger partial charge in [-0.3, -0.25) is 0 Å². The van der Waals surface area contributed by atoms with Crippen molar-refractivity contribution < 1.29 is 9.18 Å². The van der Waals surface area contributed by atoms with E-state index >= 15 is 0 Å². The van der Waals surface area contributed by atoms with E-state index in [1.54, 1.807) is 13.8 Å². The molecule has 0 aliphatic rings. The summed E-state index contributed by atoms with van der Waals surface area (Å²) < 4.78 is 11.7. The molecule has 0 bridgehead atoms. The van der Waals surface area contributed by atoms with Crippen LogP contribution in [0.5, 0.6) is 0 Å². The molecule has 0 unspecified atom stereocenters. The average Bonchev–Trinajstić information content (AvgIpc) is 1.88. The topological polar surface area (TPSA) is 55.5 Å². The summed E-state index contributed by atoms with van der Waals surface area (Å²) in [6.45, 7) is 2.57. The minimum Gasteiger partial charge on any atom is -0.400 e. The predicted molar refractivity (Wildman–Crippen MR) is 40.4 cm³/mol. The zero-order valence-corrected chi connectivity index (χ0v) is 6.60. The second-order valence-corrected chi connectivity index (χ2v) is 2.58. The first kappa shape index (κ1) is 9.85. The van der Waals surface area contributed by atoms with E-state index in [1.165, 1.54) is 12.2 Å². The average molecular weight is 158 g/mol. The molecule has 0 heterocycles. The zero-order valence-electron chi connectivity index (χ0n) is 6.60. The quantitative estimate of drug-likeness (QED) is 0.490. The molecule has 0 radical (unpaired) electrons. The Labute approximate surface area is 64.8 Å². The number of rotatable bonds is 3. The normalized spacial score (nSPS) is 12.5. The zero-order chi connectivity index (χ0) is 8.91. The summed E-state index contributed by atoms with van der Waals surface area (Å²) in [4.78, 5) is 13.3. The van der Waals surface area contributed by atoms with Crippen molar-refractivity contribution in [2.45, 2.75) is 19.4 Å². The molecule has 0 aromatic heterocycles. The van der Waals surface area contributed by atoms with Crippen LogP contribution in [0, 0.1) is 0 Å². The molecule has 0 spiro atoms. The summed E-state index contributed by atoms with van der Waals surface area (Å²) in [5.74, 6) is 0. The van der Waals surface area contributed by atoms with Gasteiger partial charge in [0.25, 0.3) is 0 Å². The molecule has 0 fully saturated rings. The van der Waals surface area contributed by atoms with Crippen molar-refractivity contribution >= 4 is 6.08 Å². The van der Waals surface area contributed by atoms with Gasteiger partial charge in [0.2, 0.25) is 6.08 Å². The molecule has 0 aromatic rings. The van der Waals surface area contributed by atoms with Gasteiger partial charge in [0.05, 0.1) is 0 Å². The number of carbonyl (C=O) groups excluding carboxylic acids is 1. The fraction of sp³-hybridized carbons (Fsp3) is 0.571. The molecule has 4 heteroatoms. The highest BCUT2D eigenvalue weighted by Gasteiger charge is 2.18. The summed E-state index contributed by atoms with van der Waals surface area (Å²) >= 11 is 0. The van der Waals surface area contributed by atoms with E-state index in [0.717, 1.165) is 0 Å². The van der Waals surface area contributed by atoms with Crippen LogP contribution in [-0.2, 0) is 4.79 Å². The summed E-state index contributed by atoms with van der Waals surface area (Å²) in [7, 11) is 0. The fourth-order valence-electron chi connectivity index (χ4n) is 0.512. The SMILES string of the molecule is CC(C)(N=C=O)/C(N)=C/CF. The maximum Gasteiger partial charge on any atom is 0.235 e. The van der Waals surface area contributed by atoms with E-state index in [2.05, 4.69) is 4.99 Å². The van der Waals surface area contributed by atoms with Gasteiger partial charge in [0.15, 0.2) is 0 Å². The molecular weight excluding hydrogens is 147 g/mol. The molecule has 0 aliphatic heterocycles. The van der Waals surface area contributed by atoms with E-state index in [1.807, 2.05) is 0 Å². The van der Waals surface area contributed by atoms with Gasteiger partial charge in [-0.2, -0.15) is 4.99 Å². The van der Waals surface area contributed by atoms with E-state index in [9.17, 15) is 9.18 Å². The van der Waals surface area contributed by atoms with E-state index in [0.29, 0.717) is 0 Å². The number of alkyl halides is 1. The number of aliphatic imine (C=N–C) groups is 1. The Morgan fingerprint density at radius 1 is 1.82 bits per heavy atom. The van der Waals surface area contributed by atoms with Crippen molar-refractivity contribution in [2.24, 2.45) is 10.7 Å². The number of isocyanates is 1. The fourth-order valence-corrected chi connectivity index (χ4v) is 0.512. The van der Waals surface area contributed by atoms with Crippen LogP contribution < -0.4 is 5.73 Å². The lowest BCUT2D eigenvalue weighted by molar-refractivity contribution is 0.529. The first-order valence-corrected chi connectivity index (χ1v) is 3.15. The third kappa shape index (κ3) is 2.96. The molecule has 0 aliphatic carbocycles. The van der Waals surface area contributed by atoms with Crippen molar-refractivity contribution in [3.63, 3.8) is 0 Å². The molecule has 3 nitrogen and oxygen atoms in total. The van der Waals surface area contributed by atoms with E-state index < -0.39 is 12.2 Å². The standard InChI is InChI=1S/C7H11FN2O/c1-7(2,10-5-11)6(9)3-4-8/h3H,4,9H2,1-2H3/b6-3-. The Kier molecular flexibility index (Phi) is 3.48. The van der Waals surface area contributed by atoms with Crippen LogP contribution in [0.3, 0.4) is 0 Å². The van der Waals surface area contributed by atoms with Crippen molar-refractivity contribution in [1.29, 1.82) is 0 Å². The molecule has 62 valence electrons. The number of nitrogens with zero attached hydrogens (tertiary/aromatic N) is 1. The molecule has 0 aromatic carbocycles. The third-order valence-electron chi connectivity index (χ3n) is 1.33. The maximum absolute atomic E-state index is 11.7. The van der Waals surface area contributed by atoms with Crippen molar-refractivity contribution in [1.82, 2.24) is 0 Å². The highest BCUT2D eigenvalue weighted by molar-refractivity contribution is 5.37. The number of hydrogen-bond acceptors (Lipinski definition) is 3. The van der Waals surface area contributed by atoms with Gasteiger partial charge in [-0.15, -0.1) is 0 Å². The summed E-state index contributed by atoms with van der Waals surface area (Å²) in [6, 6.07) is 0. The van der Waals surface area contributed by atoms with Crippen LogP contribution in [0.2, 0.25) is 0 Å². The Balaban J connectivity index is 4.53. The predicted octanol–water partition coefficient (Wildman–Crippen LogP) is 0.913. The van der Waals surface area contributed by atoms with Crippen molar-refractivity contribution in [3.05, 3.63) is 11.8 Å². The molecule has 0 saturated heterocycles. The molecule has 11 heavy (non-hydrogen) atoms. The lowest BCUT2D eigenvalue weighted by atomic mass is 10.0. The van der Waals surface area contributed by atoms with Gasteiger partial charge in [-0.1, -0.05) is 0 Å². The largest absolute Gasteiger partial charge is 0.400 e. The number of nitrogens with two attached hydrogens (primary N) is 1. The second kappa shape index (κ2) is 3.88. The Morgan fingerprint density at radius 3 is 2.73 bits per heavy atom. The lowest BCUT2D eigenvalue weighted by Gasteiger charge is -2.16. The molecule has 2 N–H and O–H groups in total. The summed E-state index contributed by atoms with van der Waals surface area (Å²) in [6.07, 6.45) is 2.56.